The van der Waals surface area contributed by atoms with Crippen molar-refractivity contribution in [2.24, 2.45) is 0 Å². The number of carbonyl (C=O) groups is 2. The Bertz CT molecular complexity index is 1820. The van der Waals surface area contributed by atoms with Gasteiger partial charge in [0.25, 0.3) is 0 Å². The van der Waals surface area contributed by atoms with Crippen molar-refractivity contribution in [1.29, 1.82) is 0 Å². The normalized spacial score (nSPS) is 17.3. The van der Waals surface area contributed by atoms with Gasteiger partial charge in [-0.25, -0.2) is 9.37 Å². The Hall–Kier alpha value is -4.22. The minimum atomic E-state index is -0.383. The van der Waals surface area contributed by atoms with E-state index < -0.39 is 0 Å². The molecule has 9 nitrogen and oxygen atoms in total. The fraction of sp³-hybridized carbons (Fsp3) is 0.306. The molecular formula is C36H37Cl2FN6O3. The van der Waals surface area contributed by atoms with Crippen molar-refractivity contribution in [2.75, 3.05) is 25.5 Å². The largest absolute Gasteiger partial charge is 0.481 e. The molecule has 4 aromatic rings. The molecule has 2 fully saturated rings. The van der Waals surface area contributed by atoms with Crippen molar-refractivity contribution in [2.45, 2.75) is 50.9 Å². The average Bonchev–Trinajstić information content (AvgIpc) is 3.70. The van der Waals surface area contributed by atoms with Gasteiger partial charge in [0.1, 0.15) is 0 Å². The van der Waals surface area contributed by atoms with E-state index >= 15 is 4.39 Å². The monoisotopic (exact) mass is 690 g/mol. The van der Waals surface area contributed by atoms with E-state index in [0.29, 0.717) is 94.3 Å². The van der Waals surface area contributed by atoms with E-state index in [1.54, 1.807) is 31.4 Å². The van der Waals surface area contributed by atoms with Crippen LogP contribution in [0.1, 0.15) is 36.8 Å². The van der Waals surface area contributed by atoms with E-state index in [4.69, 9.17) is 32.9 Å². The molecule has 0 radical (unpaired) electrons. The van der Waals surface area contributed by atoms with Gasteiger partial charge >= 0.3 is 0 Å². The third kappa shape index (κ3) is 7.73. The predicted octanol–water partition coefficient (Wildman–Crippen LogP) is 6.35. The fourth-order valence-electron chi connectivity index (χ4n) is 6.09. The van der Waals surface area contributed by atoms with Crippen LogP contribution in [0.2, 0.25) is 10.0 Å². The van der Waals surface area contributed by atoms with Crippen molar-refractivity contribution in [1.82, 2.24) is 26.3 Å². The predicted molar refractivity (Wildman–Crippen MR) is 187 cm³/mol. The quantitative estimate of drug-likeness (QED) is 0.111. The van der Waals surface area contributed by atoms with Gasteiger partial charge in [0.05, 0.1) is 34.2 Å². The molecule has 2 aliphatic heterocycles. The first-order valence-electron chi connectivity index (χ1n) is 16.0. The molecule has 3 heterocycles. The number of hydrogen-bond donors (Lipinski definition) is 5. The van der Waals surface area contributed by atoms with Crippen molar-refractivity contribution < 1.29 is 18.7 Å². The number of anilines is 2. The zero-order chi connectivity index (χ0) is 33.6. The fourth-order valence-corrected chi connectivity index (χ4v) is 6.69. The lowest BCUT2D eigenvalue weighted by Gasteiger charge is -2.17. The summed E-state index contributed by atoms with van der Waals surface area (Å²) in [5, 5.41) is 16.5. The van der Waals surface area contributed by atoms with Crippen molar-refractivity contribution in [3.8, 4) is 28.3 Å². The molecule has 48 heavy (non-hydrogen) atoms. The molecule has 1 aromatic heterocycles. The second-order valence-electron chi connectivity index (χ2n) is 12.0. The zero-order valence-corrected chi connectivity index (χ0v) is 28.0. The number of methoxy groups -OCH3 is 1. The van der Waals surface area contributed by atoms with Crippen molar-refractivity contribution in [3.05, 3.63) is 93.7 Å². The maximum atomic E-state index is 15.6. The van der Waals surface area contributed by atoms with Crippen LogP contribution in [-0.4, -0.2) is 49.1 Å². The van der Waals surface area contributed by atoms with Crippen LogP contribution in [0, 0.1) is 5.82 Å². The van der Waals surface area contributed by atoms with Gasteiger partial charge in [0, 0.05) is 78.9 Å². The number of rotatable bonds is 13. The van der Waals surface area contributed by atoms with Crippen molar-refractivity contribution in [3.63, 3.8) is 0 Å². The highest BCUT2D eigenvalue weighted by atomic mass is 35.5. The van der Waals surface area contributed by atoms with E-state index in [1.165, 1.54) is 0 Å². The maximum Gasteiger partial charge on any atom is 0.220 e. The van der Waals surface area contributed by atoms with Crippen LogP contribution in [0.15, 0.2) is 66.7 Å². The highest BCUT2D eigenvalue weighted by Gasteiger charge is 2.22. The Morgan fingerprint density at radius 1 is 0.771 bits per heavy atom. The van der Waals surface area contributed by atoms with Gasteiger partial charge < -0.3 is 31.3 Å². The summed E-state index contributed by atoms with van der Waals surface area (Å²) in [6, 6.07) is 20.4. The highest BCUT2D eigenvalue weighted by molar-refractivity contribution is 6.39. The highest BCUT2D eigenvalue weighted by Crippen LogP contribution is 2.42. The van der Waals surface area contributed by atoms with Gasteiger partial charge in [-0.05, 0) is 31.0 Å². The Labute approximate surface area is 289 Å². The number of hydrogen-bond acceptors (Lipinski definition) is 7. The van der Waals surface area contributed by atoms with Gasteiger partial charge in [0.15, 0.2) is 5.82 Å². The lowest BCUT2D eigenvalue weighted by atomic mass is 10.00. The molecule has 2 amide bonds. The molecule has 0 spiro atoms. The van der Waals surface area contributed by atoms with Crippen LogP contribution in [0.3, 0.4) is 0 Å². The van der Waals surface area contributed by atoms with E-state index in [9.17, 15) is 9.59 Å². The molecule has 2 aliphatic rings. The van der Waals surface area contributed by atoms with Gasteiger partial charge in [-0.15, -0.1) is 0 Å². The third-order valence-corrected chi connectivity index (χ3v) is 9.44. The third-order valence-electron chi connectivity index (χ3n) is 8.63. The molecule has 0 aliphatic carbocycles. The summed E-state index contributed by atoms with van der Waals surface area (Å²) < 4.78 is 21.2. The summed E-state index contributed by atoms with van der Waals surface area (Å²) in [4.78, 5) is 27.7. The molecule has 0 bridgehead atoms. The Balaban J connectivity index is 1.17. The molecule has 2 saturated heterocycles. The lowest BCUT2D eigenvalue weighted by molar-refractivity contribution is -0.120. The molecule has 2 atom stereocenters. The number of benzene rings is 3. The summed E-state index contributed by atoms with van der Waals surface area (Å²) in [6.07, 6.45) is 2.68. The van der Waals surface area contributed by atoms with Crippen LogP contribution in [0.25, 0.3) is 22.4 Å². The van der Waals surface area contributed by atoms with Crippen LogP contribution < -0.4 is 31.3 Å². The first-order valence-corrected chi connectivity index (χ1v) is 16.7. The minimum Gasteiger partial charge on any atom is -0.481 e. The average molecular weight is 692 g/mol. The summed E-state index contributed by atoms with van der Waals surface area (Å²) in [7, 11) is 1.58. The first-order chi connectivity index (χ1) is 23.3. The summed E-state index contributed by atoms with van der Waals surface area (Å²) in [5.74, 6) is 0.234. The number of halogens is 3. The van der Waals surface area contributed by atoms with Gasteiger partial charge in [-0.2, -0.15) is 0 Å². The van der Waals surface area contributed by atoms with E-state index in [1.807, 2.05) is 42.5 Å². The Morgan fingerprint density at radius 2 is 1.35 bits per heavy atom. The summed E-state index contributed by atoms with van der Waals surface area (Å²) in [5.41, 5.74) is 4.93. The second-order valence-corrected chi connectivity index (χ2v) is 12.7. The zero-order valence-electron chi connectivity index (χ0n) is 26.5. The number of ether oxygens (including phenoxy) is 1. The Kier molecular flexibility index (Phi) is 10.8. The van der Waals surface area contributed by atoms with Crippen LogP contribution in [0.4, 0.5) is 15.8 Å². The SMILES string of the molecule is COc1nc(-c2cccc(-c3cccc(Nc4cccc(CNC[C@@H]5CCC(=O)N5)c4F)c3Cl)c2Cl)ccc1CNC[C@@H]1CCC(=O)N1. The standard InChI is InChI=1S/C36H37Cl2FN6O3/c1-48-36-22(18-41-20-24-13-16-32(47)43-24)11-14-28(45-36)27-8-3-6-25(33(27)37)26-7-4-9-29(34(26)38)44-30-10-2-5-21(35(30)39)17-40-19-23-12-15-31(46)42-23/h2-11,14,23-24,40-41,44H,12-13,15-20H2,1H3,(H,42,46)(H,43,47)/t23-,24-/m0/s1. The minimum absolute atomic E-state index is 0.0508. The summed E-state index contributed by atoms with van der Waals surface area (Å²) in [6.45, 7) is 2.09. The lowest BCUT2D eigenvalue weighted by Crippen LogP contribution is -2.35. The number of pyridine rings is 1. The number of nitrogens with zero attached hydrogens (tertiary/aromatic N) is 1. The first kappa shape index (κ1) is 33.7. The van der Waals surface area contributed by atoms with Gasteiger partial charge in [-0.3, -0.25) is 9.59 Å². The van der Waals surface area contributed by atoms with E-state index in [2.05, 4.69) is 26.6 Å². The molecule has 0 unspecified atom stereocenters. The van der Waals surface area contributed by atoms with Crippen LogP contribution in [0.5, 0.6) is 5.88 Å². The van der Waals surface area contributed by atoms with Crippen molar-refractivity contribution >= 4 is 46.4 Å². The maximum absolute atomic E-state index is 15.6. The molecule has 12 heteroatoms. The number of amides is 2. The smallest absolute Gasteiger partial charge is 0.220 e. The van der Waals surface area contributed by atoms with E-state index in [-0.39, 0.29) is 29.7 Å². The molecular weight excluding hydrogens is 654 g/mol. The molecule has 250 valence electrons. The van der Waals surface area contributed by atoms with E-state index in [0.717, 1.165) is 18.4 Å². The number of aromatic nitrogens is 1. The molecule has 5 N–H and O–H groups in total. The summed E-state index contributed by atoms with van der Waals surface area (Å²) >= 11 is 14.0. The molecule has 6 rings (SSSR count). The van der Waals surface area contributed by atoms with Gasteiger partial charge in [-0.1, -0.05) is 71.7 Å². The topological polar surface area (TPSA) is 116 Å². The number of nitrogens with one attached hydrogen (secondary N) is 5. The molecule has 0 saturated carbocycles. The number of carbonyl (C=O) groups excluding carboxylic acids is 2. The van der Waals surface area contributed by atoms with Crippen LogP contribution in [-0.2, 0) is 22.7 Å². The Morgan fingerprint density at radius 3 is 2.00 bits per heavy atom. The second kappa shape index (κ2) is 15.3. The van der Waals surface area contributed by atoms with Gasteiger partial charge in [0.2, 0.25) is 17.7 Å². The molecule has 3 aromatic carbocycles. The van der Waals surface area contributed by atoms with Crippen LogP contribution >= 0.6 is 23.2 Å².